The van der Waals surface area contributed by atoms with Crippen LogP contribution in [0.2, 0.25) is 0 Å². The van der Waals surface area contributed by atoms with Gasteiger partial charge in [0.15, 0.2) is 17.5 Å². The molecular weight excluding hydrogens is 266 g/mol. The molecule has 8 nitrogen and oxygen atoms in total. The molecule has 1 rings (SSSR count). The van der Waals surface area contributed by atoms with E-state index in [0.717, 1.165) is 6.92 Å². The third-order valence-corrected chi connectivity index (χ3v) is 1.59. The Balaban J connectivity index is 0. The highest BCUT2D eigenvalue weighted by molar-refractivity contribution is 5.71. The summed E-state index contributed by atoms with van der Waals surface area (Å²) in [6.45, 7) is 1.08. The maximum Gasteiger partial charge on any atom is 0.300 e. The van der Waals surface area contributed by atoms with E-state index in [9.17, 15) is 0 Å². The Morgan fingerprint density at radius 2 is 1.40 bits per heavy atom. The fraction of sp³-hybridized carbons (Fsp3) is 0.333. The van der Waals surface area contributed by atoms with Crippen molar-refractivity contribution in [2.24, 2.45) is 11.5 Å². The summed E-state index contributed by atoms with van der Waals surface area (Å²) in [7, 11) is 4.77. The third-order valence-electron chi connectivity index (χ3n) is 1.59. The Labute approximate surface area is 117 Å². The molecule has 0 atom stereocenters. The molecule has 0 fully saturated rings. The van der Waals surface area contributed by atoms with Crippen molar-refractivity contribution < 1.29 is 24.1 Å². The summed E-state index contributed by atoms with van der Waals surface area (Å²) < 4.78 is 15.3. The van der Waals surface area contributed by atoms with Gasteiger partial charge in [-0.05, 0) is 12.1 Å². The van der Waals surface area contributed by atoms with Gasteiger partial charge in [0.1, 0.15) is 0 Å². The number of hydrogen-bond donors (Lipinski definition) is 4. The summed E-state index contributed by atoms with van der Waals surface area (Å²) in [5, 5.41) is 13.5. The number of para-hydroxylation sites is 1. The van der Waals surface area contributed by atoms with Crippen LogP contribution in [0, 0.1) is 5.41 Å². The van der Waals surface area contributed by atoms with Gasteiger partial charge in [-0.15, -0.1) is 0 Å². The van der Waals surface area contributed by atoms with Crippen LogP contribution in [0.3, 0.4) is 0 Å². The van der Waals surface area contributed by atoms with Gasteiger partial charge in [0.25, 0.3) is 5.97 Å². The van der Waals surface area contributed by atoms with Crippen molar-refractivity contribution >= 4 is 11.9 Å². The second kappa shape index (κ2) is 11.5. The number of ether oxygens (including phenoxy) is 3. The number of rotatable bonds is 3. The van der Waals surface area contributed by atoms with E-state index in [-0.39, 0.29) is 5.96 Å². The minimum absolute atomic E-state index is 0.333. The minimum Gasteiger partial charge on any atom is -0.493 e. The molecule has 8 heteroatoms. The smallest absolute Gasteiger partial charge is 0.300 e. The Morgan fingerprint density at radius 1 is 1.10 bits per heavy atom. The predicted octanol–water partition coefficient (Wildman–Crippen LogP) is 0.642. The first-order valence-electron chi connectivity index (χ1n) is 5.34. The average molecular weight is 287 g/mol. The van der Waals surface area contributed by atoms with Gasteiger partial charge < -0.3 is 30.8 Å². The molecule has 0 aliphatic heterocycles. The molecule has 0 aliphatic carbocycles. The molecule has 0 heterocycles. The van der Waals surface area contributed by atoms with Crippen molar-refractivity contribution in [1.29, 1.82) is 5.41 Å². The standard InChI is InChI=1S/C9H12O3.C2H4O2.CH5N3/c1-10-7-5-4-6-8(11-2)9(7)12-3;1-2(3)4;2-1(3)4/h4-6H,1-3H3;1H3,(H,3,4);(H5,2,3,4). The molecule has 0 unspecified atom stereocenters. The van der Waals surface area contributed by atoms with E-state index >= 15 is 0 Å². The molecule has 0 radical (unpaired) electrons. The number of carbonyl (C=O) groups is 1. The van der Waals surface area contributed by atoms with Crippen molar-refractivity contribution in [2.45, 2.75) is 6.92 Å². The number of hydrogen-bond acceptors (Lipinski definition) is 5. The molecule has 0 aromatic heterocycles. The van der Waals surface area contributed by atoms with E-state index in [1.54, 1.807) is 21.3 Å². The Hall–Kier alpha value is -2.64. The Bertz CT molecular complexity index is 381. The third kappa shape index (κ3) is 10.5. The number of nitrogens with one attached hydrogen (secondary N) is 1. The lowest BCUT2D eigenvalue weighted by Crippen LogP contribution is -2.20. The molecular formula is C12H21N3O5. The van der Waals surface area contributed by atoms with Crippen LogP contribution in [0.1, 0.15) is 6.92 Å². The number of carboxylic acid groups (broad SMARTS) is 1. The van der Waals surface area contributed by atoms with E-state index in [1.807, 2.05) is 18.2 Å². The lowest BCUT2D eigenvalue weighted by molar-refractivity contribution is -0.134. The summed E-state index contributed by atoms with van der Waals surface area (Å²) in [4.78, 5) is 9.00. The summed E-state index contributed by atoms with van der Waals surface area (Å²) >= 11 is 0. The highest BCUT2D eigenvalue weighted by atomic mass is 16.5. The van der Waals surface area contributed by atoms with E-state index in [0.29, 0.717) is 17.2 Å². The largest absolute Gasteiger partial charge is 0.493 e. The van der Waals surface area contributed by atoms with Crippen molar-refractivity contribution in [2.75, 3.05) is 21.3 Å². The zero-order valence-corrected chi connectivity index (χ0v) is 12.0. The zero-order valence-electron chi connectivity index (χ0n) is 12.0. The first-order chi connectivity index (χ1) is 9.29. The van der Waals surface area contributed by atoms with E-state index in [1.165, 1.54) is 0 Å². The van der Waals surface area contributed by atoms with Gasteiger partial charge in [0, 0.05) is 6.92 Å². The van der Waals surface area contributed by atoms with Gasteiger partial charge in [0.05, 0.1) is 21.3 Å². The number of nitrogens with two attached hydrogens (primary N) is 2. The molecule has 0 amide bonds. The topological polar surface area (TPSA) is 141 Å². The van der Waals surface area contributed by atoms with E-state index in [2.05, 4.69) is 11.5 Å². The first-order valence-corrected chi connectivity index (χ1v) is 5.34. The van der Waals surface area contributed by atoms with Crippen molar-refractivity contribution in [3.8, 4) is 17.2 Å². The predicted molar refractivity (Wildman–Crippen MR) is 75.5 cm³/mol. The van der Waals surface area contributed by atoms with Gasteiger partial charge in [0.2, 0.25) is 5.75 Å². The highest BCUT2D eigenvalue weighted by Crippen LogP contribution is 2.35. The number of carboxylic acids is 1. The first kappa shape index (κ1) is 19.7. The Kier molecular flexibility index (Phi) is 11.3. The van der Waals surface area contributed by atoms with Gasteiger partial charge in [-0.1, -0.05) is 6.07 Å². The fourth-order valence-electron chi connectivity index (χ4n) is 1.02. The van der Waals surface area contributed by atoms with E-state index < -0.39 is 5.97 Å². The number of benzene rings is 1. The van der Waals surface area contributed by atoms with Crippen LogP contribution in [0.15, 0.2) is 18.2 Å². The van der Waals surface area contributed by atoms with Crippen LogP contribution in [0.4, 0.5) is 0 Å². The van der Waals surface area contributed by atoms with Crippen molar-refractivity contribution in [1.82, 2.24) is 0 Å². The molecule has 0 saturated heterocycles. The summed E-state index contributed by atoms with van der Waals surface area (Å²) in [6.07, 6.45) is 0. The molecule has 6 N–H and O–H groups in total. The van der Waals surface area contributed by atoms with Gasteiger partial charge >= 0.3 is 0 Å². The quantitative estimate of drug-likeness (QED) is 0.472. The van der Waals surface area contributed by atoms with Crippen LogP contribution in [0.5, 0.6) is 17.2 Å². The number of guanidine groups is 1. The van der Waals surface area contributed by atoms with Crippen LogP contribution < -0.4 is 25.7 Å². The normalized spacial score (nSPS) is 8.00. The molecule has 114 valence electrons. The summed E-state index contributed by atoms with van der Waals surface area (Å²) in [6, 6.07) is 5.49. The monoisotopic (exact) mass is 287 g/mol. The van der Waals surface area contributed by atoms with Crippen LogP contribution >= 0.6 is 0 Å². The minimum atomic E-state index is -0.833. The fourth-order valence-corrected chi connectivity index (χ4v) is 1.02. The zero-order chi connectivity index (χ0) is 16.1. The van der Waals surface area contributed by atoms with Gasteiger partial charge in [-0.25, -0.2) is 0 Å². The molecule has 1 aromatic carbocycles. The van der Waals surface area contributed by atoms with Gasteiger partial charge in [-0.3, -0.25) is 10.2 Å². The number of aliphatic carboxylic acids is 1. The molecule has 0 bridgehead atoms. The van der Waals surface area contributed by atoms with Crippen LogP contribution in [-0.2, 0) is 4.79 Å². The van der Waals surface area contributed by atoms with E-state index in [4.69, 9.17) is 29.5 Å². The lowest BCUT2D eigenvalue weighted by Gasteiger charge is -2.10. The lowest BCUT2D eigenvalue weighted by atomic mass is 10.3. The highest BCUT2D eigenvalue weighted by Gasteiger charge is 2.08. The second-order valence-electron chi connectivity index (χ2n) is 3.17. The average Bonchev–Trinajstić information content (AvgIpc) is 2.36. The van der Waals surface area contributed by atoms with Crippen molar-refractivity contribution in [3.63, 3.8) is 0 Å². The van der Waals surface area contributed by atoms with Crippen LogP contribution in [-0.4, -0.2) is 38.4 Å². The van der Waals surface area contributed by atoms with Crippen molar-refractivity contribution in [3.05, 3.63) is 18.2 Å². The number of methoxy groups -OCH3 is 3. The maximum absolute atomic E-state index is 9.00. The summed E-state index contributed by atoms with van der Waals surface area (Å²) in [5.74, 6) is 0.816. The maximum atomic E-state index is 9.00. The molecule has 0 aliphatic rings. The van der Waals surface area contributed by atoms with Crippen LogP contribution in [0.25, 0.3) is 0 Å². The Morgan fingerprint density at radius 3 is 1.60 bits per heavy atom. The molecule has 20 heavy (non-hydrogen) atoms. The SMILES string of the molecule is CC(=O)O.COc1cccc(OC)c1OC.N=C(N)N. The molecule has 0 spiro atoms. The van der Waals surface area contributed by atoms with Gasteiger partial charge in [-0.2, -0.15) is 0 Å². The summed E-state index contributed by atoms with van der Waals surface area (Å²) in [5.41, 5.74) is 8.94. The molecule has 0 saturated carbocycles. The molecule has 1 aromatic rings. The second-order valence-corrected chi connectivity index (χ2v) is 3.17.